The zero-order valence-electron chi connectivity index (χ0n) is 6.66. The average molecular weight is 256 g/mol. The molecule has 0 aliphatic rings. The predicted octanol–water partition coefficient (Wildman–Crippen LogP) is -0.416. The van der Waals surface area contributed by atoms with Gasteiger partial charge in [0.25, 0.3) is 0 Å². The minimum absolute atomic E-state index is 0. The fourth-order valence-corrected chi connectivity index (χ4v) is 0. The molecule has 0 saturated heterocycles. The summed E-state index contributed by atoms with van der Waals surface area (Å²) in [6, 6.07) is 0. The molecule has 8 nitrogen and oxygen atoms in total. The molecule has 0 aromatic carbocycles. The first-order valence-electron chi connectivity index (χ1n) is 1.90. The van der Waals surface area contributed by atoms with Gasteiger partial charge < -0.3 is 21.2 Å². The minimum Gasteiger partial charge on any atom is -2.00 e. The zero-order chi connectivity index (χ0) is 8.08. The van der Waals surface area contributed by atoms with E-state index in [2.05, 4.69) is 0 Å². The zero-order valence-corrected chi connectivity index (χ0v) is 8.75. The maximum absolute atomic E-state index is 9.44. The van der Waals surface area contributed by atoms with Crippen LogP contribution in [0.4, 0.5) is 0 Å². The molecule has 13 heavy (non-hydrogen) atoms. The van der Waals surface area contributed by atoms with Crippen molar-refractivity contribution >= 4 is 16.2 Å². The van der Waals surface area contributed by atoms with Gasteiger partial charge in [0.15, 0.2) is 0 Å². The standard InChI is InChI=1S/C3H6O.Cr.H2O4S.3O/c1-3(2)4;;1-5(2,3)4;;;/h1-2H3;;(H2,1,2,3,4);;;/q;+6;;3*-2. The summed E-state index contributed by atoms with van der Waals surface area (Å²) in [5, 5.41) is 0. The van der Waals surface area contributed by atoms with Crippen molar-refractivity contribution in [1.82, 2.24) is 0 Å². The Hall–Kier alpha value is -0.0475. The molecule has 80 valence electrons. The molecular weight excluding hydrogens is 248 g/mol. The first-order chi connectivity index (χ1) is 3.73. The quantitative estimate of drug-likeness (QED) is 0.558. The van der Waals surface area contributed by atoms with Crippen LogP contribution >= 0.6 is 0 Å². The normalized spacial score (nSPS) is 6.46. The number of rotatable bonds is 0. The van der Waals surface area contributed by atoms with E-state index in [4.69, 9.17) is 17.5 Å². The molecule has 0 saturated carbocycles. The van der Waals surface area contributed by atoms with Crippen LogP contribution in [0.3, 0.4) is 0 Å². The molecule has 0 radical (unpaired) electrons. The van der Waals surface area contributed by atoms with Crippen LogP contribution in [0.2, 0.25) is 0 Å². The number of Topliss-reactive ketones (excluding diaryl/α,β-unsaturated/α-hetero) is 1. The van der Waals surface area contributed by atoms with Gasteiger partial charge in [0.1, 0.15) is 5.78 Å². The Morgan fingerprint density at radius 2 is 1.00 bits per heavy atom. The van der Waals surface area contributed by atoms with Gasteiger partial charge in [-0.05, 0) is 13.8 Å². The van der Waals surface area contributed by atoms with Crippen LogP contribution in [-0.2, 0) is 49.0 Å². The van der Waals surface area contributed by atoms with Crippen molar-refractivity contribution in [1.29, 1.82) is 0 Å². The Morgan fingerprint density at radius 1 is 1.00 bits per heavy atom. The van der Waals surface area contributed by atoms with E-state index >= 15 is 0 Å². The van der Waals surface area contributed by atoms with Gasteiger partial charge in [-0.25, -0.2) is 0 Å². The molecule has 0 spiro atoms. The second-order valence-corrected chi connectivity index (χ2v) is 2.25. The third-order valence-corrected chi connectivity index (χ3v) is 0. The van der Waals surface area contributed by atoms with Crippen LogP contribution in [-0.4, -0.2) is 23.3 Å². The summed E-state index contributed by atoms with van der Waals surface area (Å²) in [7, 11) is -4.67. The molecule has 0 heterocycles. The maximum atomic E-state index is 9.44. The summed E-state index contributed by atoms with van der Waals surface area (Å²) in [6.45, 7) is 3.06. The number of carbonyl (C=O) groups excluding carboxylic acids is 1. The Bertz CT molecular complexity index is 162. The fourth-order valence-electron chi connectivity index (χ4n) is 0. The SMILES string of the molecule is CC(C)=O.O=S(=O)(O)O.[Cr+6].[O-2].[O-2].[O-2]. The third kappa shape index (κ3) is 524000. The first-order valence-corrected chi connectivity index (χ1v) is 3.30. The van der Waals surface area contributed by atoms with Crippen molar-refractivity contribution < 1.29 is 56.1 Å². The molecule has 10 heteroatoms. The van der Waals surface area contributed by atoms with Crippen molar-refractivity contribution in [3.63, 3.8) is 0 Å². The molecule has 0 rings (SSSR count). The van der Waals surface area contributed by atoms with Gasteiger partial charge in [-0.2, -0.15) is 8.42 Å². The molecule has 0 aliphatic carbocycles. The van der Waals surface area contributed by atoms with Crippen molar-refractivity contribution in [3.05, 3.63) is 0 Å². The summed E-state index contributed by atoms with van der Waals surface area (Å²) in [4.78, 5) is 9.44. The molecular formula is C3H8CrO8S. The molecule has 0 aliphatic heterocycles. The Morgan fingerprint density at radius 3 is 1.00 bits per heavy atom. The van der Waals surface area contributed by atoms with Gasteiger partial charge in [0.05, 0.1) is 0 Å². The first kappa shape index (κ1) is 38.3. The molecule has 0 bridgehead atoms. The van der Waals surface area contributed by atoms with Gasteiger partial charge in [-0.3, -0.25) is 9.11 Å². The van der Waals surface area contributed by atoms with Crippen LogP contribution in [0.25, 0.3) is 0 Å². The van der Waals surface area contributed by atoms with Crippen molar-refractivity contribution in [2.24, 2.45) is 0 Å². The van der Waals surface area contributed by atoms with Crippen molar-refractivity contribution in [2.75, 3.05) is 0 Å². The molecule has 0 fully saturated rings. The fraction of sp³-hybridized carbons (Fsp3) is 0.667. The van der Waals surface area contributed by atoms with Crippen molar-refractivity contribution in [3.8, 4) is 0 Å². The molecule has 2 N–H and O–H groups in total. The largest absolute Gasteiger partial charge is 6.00 e. The second-order valence-electron chi connectivity index (χ2n) is 1.36. The van der Waals surface area contributed by atoms with Crippen LogP contribution in [0.5, 0.6) is 0 Å². The monoisotopic (exact) mass is 256 g/mol. The van der Waals surface area contributed by atoms with Gasteiger partial charge in [-0.15, -0.1) is 0 Å². The summed E-state index contributed by atoms with van der Waals surface area (Å²) >= 11 is 0. The summed E-state index contributed by atoms with van der Waals surface area (Å²) in [5.74, 6) is 0.167. The van der Waals surface area contributed by atoms with E-state index in [1.165, 1.54) is 13.8 Å². The molecule has 0 atom stereocenters. The minimum atomic E-state index is -4.67. The molecule has 0 amide bonds. The second kappa shape index (κ2) is 17.9. The third-order valence-electron chi connectivity index (χ3n) is 0. The summed E-state index contributed by atoms with van der Waals surface area (Å²) in [5.41, 5.74) is 0. The van der Waals surface area contributed by atoms with E-state index in [9.17, 15) is 4.79 Å². The van der Waals surface area contributed by atoms with Gasteiger partial charge in [-0.1, -0.05) is 0 Å². The van der Waals surface area contributed by atoms with E-state index < -0.39 is 10.4 Å². The number of hydrogen-bond acceptors (Lipinski definition) is 3. The maximum Gasteiger partial charge on any atom is 6.00 e. The number of hydrogen-bond donors (Lipinski definition) is 2. The number of ketones is 1. The van der Waals surface area contributed by atoms with E-state index in [1.807, 2.05) is 0 Å². The smallest absolute Gasteiger partial charge is 2.00 e. The van der Waals surface area contributed by atoms with Crippen molar-refractivity contribution in [2.45, 2.75) is 13.8 Å². The van der Waals surface area contributed by atoms with Gasteiger partial charge in [0.2, 0.25) is 0 Å². The average Bonchev–Trinajstić information content (AvgIpc) is 1.19. The number of carbonyl (C=O) groups is 1. The Labute approximate surface area is 86.6 Å². The summed E-state index contributed by atoms with van der Waals surface area (Å²) in [6.07, 6.45) is 0. The molecule has 0 aromatic rings. The van der Waals surface area contributed by atoms with Crippen LogP contribution < -0.4 is 0 Å². The Kier molecular flexibility index (Phi) is 52.7. The van der Waals surface area contributed by atoms with Gasteiger partial charge in [0, 0.05) is 0 Å². The van der Waals surface area contributed by atoms with Crippen LogP contribution in [0.15, 0.2) is 0 Å². The Balaban J connectivity index is -0.0000000146. The van der Waals surface area contributed by atoms with E-state index in [1.54, 1.807) is 0 Å². The van der Waals surface area contributed by atoms with E-state index in [-0.39, 0.29) is 39.6 Å². The van der Waals surface area contributed by atoms with Crippen LogP contribution in [0.1, 0.15) is 13.8 Å². The molecule has 0 unspecified atom stereocenters. The van der Waals surface area contributed by atoms with E-state index in [0.717, 1.165) is 0 Å². The van der Waals surface area contributed by atoms with Crippen LogP contribution in [0, 0.1) is 0 Å². The summed E-state index contributed by atoms with van der Waals surface area (Å²) < 4.78 is 31.6. The molecule has 0 aromatic heterocycles. The topological polar surface area (TPSA) is 177 Å². The predicted molar refractivity (Wildman–Crippen MR) is 32.6 cm³/mol. The van der Waals surface area contributed by atoms with Gasteiger partial charge >= 0.3 is 27.8 Å². The van der Waals surface area contributed by atoms with E-state index in [0.29, 0.717) is 0 Å².